The van der Waals surface area contributed by atoms with Gasteiger partial charge in [-0.05, 0) is 44.8 Å². The summed E-state index contributed by atoms with van der Waals surface area (Å²) < 4.78 is 0. The zero-order valence-corrected chi connectivity index (χ0v) is 11.6. The van der Waals surface area contributed by atoms with Crippen LogP contribution in [0.2, 0.25) is 0 Å². The second-order valence-electron chi connectivity index (χ2n) is 6.33. The number of nitrogens with two attached hydrogens (primary N) is 1. The Morgan fingerprint density at radius 1 is 1.33 bits per heavy atom. The molecular formula is C14H27N3O. The van der Waals surface area contributed by atoms with Crippen LogP contribution in [0.15, 0.2) is 5.16 Å². The Labute approximate surface area is 110 Å². The molecule has 0 atom stereocenters. The van der Waals surface area contributed by atoms with Crippen LogP contribution in [0.25, 0.3) is 0 Å². The lowest BCUT2D eigenvalue weighted by atomic mass is 9.79. The van der Waals surface area contributed by atoms with Crippen LogP contribution in [-0.4, -0.2) is 35.6 Å². The van der Waals surface area contributed by atoms with E-state index >= 15 is 0 Å². The Hall–Kier alpha value is -0.770. The first kappa shape index (κ1) is 13.7. The van der Waals surface area contributed by atoms with E-state index in [4.69, 9.17) is 10.9 Å². The van der Waals surface area contributed by atoms with Crippen LogP contribution in [-0.2, 0) is 0 Å². The number of hydrogen-bond acceptors (Lipinski definition) is 3. The Bertz CT molecular complexity index is 289. The van der Waals surface area contributed by atoms with Gasteiger partial charge in [0.1, 0.15) is 5.84 Å². The molecule has 0 radical (unpaired) electrons. The highest BCUT2D eigenvalue weighted by molar-refractivity contribution is 5.85. The molecule has 1 aliphatic heterocycles. The first-order valence-electron chi connectivity index (χ1n) is 7.34. The third kappa shape index (κ3) is 3.16. The number of rotatable bonds is 4. The number of nitrogens with zero attached hydrogens (tertiary/aromatic N) is 2. The molecule has 3 N–H and O–H groups in total. The Morgan fingerprint density at radius 3 is 2.50 bits per heavy atom. The van der Waals surface area contributed by atoms with E-state index in [1.807, 2.05) is 0 Å². The zero-order chi connectivity index (χ0) is 13.0. The molecule has 0 unspecified atom stereocenters. The van der Waals surface area contributed by atoms with Crippen LogP contribution in [0.5, 0.6) is 0 Å². The molecule has 4 heteroatoms. The summed E-state index contributed by atoms with van der Waals surface area (Å²) in [7, 11) is 0. The van der Waals surface area contributed by atoms with Crippen LogP contribution in [0, 0.1) is 11.3 Å². The SMILES string of the molecule is CC1(C(N)=NO)CCN(CCC2CCCC2)CC1. The van der Waals surface area contributed by atoms with Gasteiger partial charge in [-0.1, -0.05) is 37.8 Å². The fourth-order valence-corrected chi connectivity index (χ4v) is 3.31. The molecular weight excluding hydrogens is 226 g/mol. The lowest BCUT2D eigenvalue weighted by Gasteiger charge is -2.38. The molecule has 2 aliphatic rings. The minimum Gasteiger partial charge on any atom is -0.409 e. The normalized spacial score (nSPS) is 26.6. The third-order valence-electron chi connectivity index (χ3n) is 5.01. The third-order valence-corrected chi connectivity index (χ3v) is 5.01. The number of likely N-dealkylation sites (tertiary alicyclic amines) is 1. The maximum Gasteiger partial charge on any atom is 0.145 e. The van der Waals surface area contributed by atoms with E-state index in [0.29, 0.717) is 5.84 Å². The summed E-state index contributed by atoms with van der Waals surface area (Å²) in [6.45, 7) is 5.51. The summed E-state index contributed by atoms with van der Waals surface area (Å²) in [5.41, 5.74) is 5.68. The van der Waals surface area contributed by atoms with Crippen molar-refractivity contribution >= 4 is 5.84 Å². The van der Waals surface area contributed by atoms with Crippen molar-refractivity contribution in [3.8, 4) is 0 Å². The standard InChI is InChI=1S/C14H27N3O/c1-14(13(15)16-18)7-10-17(11-8-14)9-6-12-4-2-3-5-12/h12,18H,2-11H2,1H3,(H2,15,16). The summed E-state index contributed by atoms with van der Waals surface area (Å²) in [6, 6.07) is 0. The Balaban J connectivity index is 1.72. The fourth-order valence-electron chi connectivity index (χ4n) is 3.31. The second-order valence-corrected chi connectivity index (χ2v) is 6.33. The van der Waals surface area contributed by atoms with E-state index < -0.39 is 0 Å². The second kappa shape index (κ2) is 5.91. The van der Waals surface area contributed by atoms with Gasteiger partial charge >= 0.3 is 0 Å². The first-order chi connectivity index (χ1) is 8.64. The van der Waals surface area contributed by atoms with Crippen molar-refractivity contribution < 1.29 is 5.21 Å². The molecule has 0 aromatic rings. The van der Waals surface area contributed by atoms with Crippen LogP contribution in [0.3, 0.4) is 0 Å². The van der Waals surface area contributed by atoms with Crippen molar-refractivity contribution in [2.75, 3.05) is 19.6 Å². The molecule has 4 nitrogen and oxygen atoms in total. The summed E-state index contributed by atoms with van der Waals surface area (Å²) >= 11 is 0. The van der Waals surface area contributed by atoms with Crippen molar-refractivity contribution in [1.29, 1.82) is 0 Å². The van der Waals surface area contributed by atoms with Crippen molar-refractivity contribution in [1.82, 2.24) is 4.90 Å². The summed E-state index contributed by atoms with van der Waals surface area (Å²) in [5, 5.41) is 12.0. The maximum atomic E-state index is 8.81. The van der Waals surface area contributed by atoms with Crippen LogP contribution in [0.1, 0.15) is 51.9 Å². The molecule has 2 fully saturated rings. The van der Waals surface area contributed by atoms with Crippen molar-refractivity contribution in [3.05, 3.63) is 0 Å². The molecule has 0 bridgehead atoms. The van der Waals surface area contributed by atoms with Gasteiger partial charge in [0.05, 0.1) is 0 Å². The van der Waals surface area contributed by atoms with E-state index in [2.05, 4.69) is 17.0 Å². The predicted octanol–water partition coefficient (Wildman–Crippen LogP) is 2.42. The molecule has 18 heavy (non-hydrogen) atoms. The largest absolute Gasteiger partial charge is 0.409 e. The molecule has 1 saturated heterocycles. The van der Waals surface area contributed by atoms with Gasteiger partial charge in [0.2, 0.25) is 0 Å². The lowest BCUT2D eigenvalue weighted by Crippen LogP contribution is -2.45. The van der Waals surface area contributed by atoms with Gasteiger partial charge in [0, 0.05) is 5.41 Å². The van der Waals surface area contributed by atoms with Gasteiger partial charge in [-0.3, -0.25) is 0 Å². The zero-order valence-electron chi connectivity index (χ0n) is 11.6. The minimum atomic E-state index is -0.0986. The van der Waals surface area contributed by atoms with E-state index in [0.717, 1.165) is 31.8 Å². The van der Waals surface area contributed by atoms with Gasteiger partial charge in [-0.15, -0.1) is 0 Å². The summed E-state index contributed by atoms with van der Waals surface area (Å²) in [5.74, 6) is 1.38. The average molecular weight is 253 g/mol. The first-order valence-corrected chi connectivity index (χ1v) is 7.34. The minimum absolute atomic E-state index is 0.0986. The maximum absolute atomic E-state index is 8.81. The van der Waals surface area contributed by atoms with Crippen LogP contribution in [0.4, 0.5) is 0 Å². The molecule has 1 aliphatic carbocycles. The van der Waals surface area contributed by atoms with Gasteiger partial charge in [0.25, 0.3) is 0 Å². The van der Waals surface area contributed by atoms with E-state index in [-0.39, 0.29) is 5.41 Å². The number of hydrogen-bond donors (Lipinski definition) is 2. The molecule has 0 aromatic carbocycles. The van der Waals surface area contributed by atoms with Gasteiger partial charge in [-0.25, -0.2) is 0 Å². The number of oxime groups is 1. The lowest BCUT2D eigenvalue weighted by molar-refractivity contribution is 0.151. The van der Waals surface area contributed by atoms with Crippen molar-refractivity contribution in [2.45, 2.75) is 51.9 Å². The van der Waals surface area contributed by atoms with Gasteiger partial charge < -0.3 is 15.8 Å². The molecule has 0 spiro atoms. The average Bonchev–Trinajstić information content (AvgIpc) is 2.90. The molecule has 2 rings (SSSR count). The van der Waals surface area contributed by atoms with Crippen LogP contribution < -0.4 is 5.73 Å². The Kier molecular flexibility index (Phi) is 4.49. The quantitative estimate of drug-likeness (QED) is 0.350. The molecule has 0 amide bonds. The van der Waals surface area contributed by atoms with E-state index in [1.54, 1.807) is 0 Å². The Morgan fingerprint density at radius 2 is 1.94 bits per heavy atom. The number of amidine groups is 1. The van der Waals surface area contributed by atoms with Crippen LogP contribution >= 0.6 is 0 Å². The topological polar surface area (TPSA) is 61.9 Å². The van der Waals surface area contributed by atoms with Gasteiger partial charge in [-0.2, -0.15) is 0 Å². The van der Waals surface area contributed by atoms with Crippen molar-refractivity contribution in [3.63, 3.8) is 0 Å². The molecule has 0 aromatic heterocycles. The summed E-state index contributed by atoms with van der Waals surface area (Å²) in [4.78, 5) is 2.55. The molecule has 104 valence electrons. The van der Waals surface area contributed by atoms with Gasteiger partial charge in [0.15, 0.2) is 0 Å². The highest BCUT2D eigenvalue weighted by Gasteiger charge is 2.34. The number of piperidine rings is 1. The van der Waals surface area contributed by atoms with E-state index in [9.17, 15) is 0 Å². The predicted molar refractivity (Wildman–Crippen MR) is 73.8 cm³/mol. The molecule has 1 heterocycles. The highest BCUT2D eigenvalue weighted by Crippen LogP contribution is 2.32. The fraction of sp³-hybridized carbons (Fsp3) is 0.929. The molecule has 1 saturated carbocycles. The monoisotopic (exact) mass is 253 g/mol. The smallest absolute Gasteiger partial charge is 0.145 e. The van der Waals surface area contributed by atoms with E-state index in [1.165, 1.54) is 38.6 Å². The summed E-state index contributed by atoms with van der Waals surface area (Å²) in [6.07, 6.45) is 9.13. The highest BCUT2D eigenvalue weighted by atomic mass is 16.4. The van der Waals surface area contributed by atoms with Crippen molar-refractivity contribution in [2.24, 2.45) is 22.2 Å².